The van der Waals surface area contributed by atoms with E-state index in [1.807, 2.05) is 0 Å². The first-order chi connectivity index (χ1) is 8.93. The van der Waals surface area contributed by atoms with Crippen molar-refractivity contribution in [3.05, 3.63) is 0 Å². The Hall–Kier alpha value is 0.120. The van der Waals surface area contributed by atoms with Gasteiger partial charge in [-0.15, -0.1) is 12.4 Å². The first-order valence-corrected chi connectivity index (χ1v) is 8.78. The number of hydrogen-bond donors (Lipinski definition) is 1. The second kappa shape index (κ2) is 7.40. The molecule has 0 aromatic heterocycles. The van der Waals surface area contributed by atoms with Crippen LogP contribution >= 0.6 is 12.4 Å². The summed E-state index contributed by atoms with van der Waals surface area (Å²) in [4.78, 5) is 0. The average Bonchev–Trinajstić information content (AvgIpc) is 2.37. The summed E-state index contributed by atoms with van der Waals surface area (Å²) >= 11 is 0. The zero-order valence-electron chi connectivity index (χ0n) is 12.5. The van der Waals surface area contributed by atoms with Crippen LogP contribution in [-0.4, -0.2) is 49.8 Å². The maximum atomic E-state index is 12.7. The highest BCUT2D eigenvalue weighted by Gasteiger charge is 2.36. The van der Waals surface area contributed by atoms with Crippen molar-refractivity contribution in [3.63, 3.8) is 0 Å². The number of piperidine rings is 2. The summed E-state index contributed by atoms with van der Waals surface area (Å²) in [5.74, 6) is 1.23. The summed E-state index contributed by atoms with van der Waals surface area (Å²) in [5.41, 5.74) is 5.70. The van der Waals surface area contributed by atoms with Gasteiger partial charge in [0.05, 0.1) is 0 Å². The summed E-state index contributed by atoms with van der Waals surface area (Å²) in [6.07, 6.45) is 3.10. The summed E-state index contributed by atoms with van der Waals surface area (Å²) in [6.45, 7) is 7.43. The van der Waals surface area contributed by atoms with E-state index < -0.39 is 10.2 Å². The van der Waals surface area contributed by atoms with Crippen LogP contribution in [0.5, 0.6) is 0 Å². The fourth-order valence-corrected chi connectivity index (χ4v) is 5.36. The van der Waals surface area contributed by atoms with Crippen LogP contribution in [0, 0.1) is 17.8 Å². The first-order valence-electron chi connectivity index (χ1n) is 7.38. The third-order valence-corrected chi connectivity index (χ3v) is 6.24. The lowest BCUT2D eigenvalue weighted by atomic mass is 9.94. The van der Waals surface area contributed by atoms with E-state index in [1.165, 1.54) is 0 Å². The Bertz CT molecular complexity index is 394. The molecule has 2 saturated heterocycles. The maximum Gasteiger partial charge on any atom is 0.282 e. The van der Waals surface area contributed by atoms with Crippen LogP contribution in [-0.2, 0) is 10.2 Å². The Kier molecular flexibility index (Phi) is 6.73. The molecular formula is C13H28ClN3O2S. The molecule has 2 N–H and O–H groups in total. The van der Waals surface area contributed by atoms with Gasteiger partial charge in [-0.05, 0) is 43.6 Å². The van der Waals surface area contributed by atoms with Crippen molar-refractivity contribution >= 4 is 22.6 Å². The van der Waals surface area contributed by atoms with Gasteiger partial charge in [0.2, 0.25) is 0 Å². The third-order valence-electron chi connectivity index (χ3n) is 4.30. The molecule has 2 fully saturated rings. The largest absolute Gasteiger partial charge is 0.330 e. The summed E-state index contributed by atoms with van der Waals surface area (Å²) < 4.78 is 28.7. The van der Waals surface area contributed by atoms with Crippen molar-refractivity contribution in [3.8, 4) is 0 Å². The van der Waals surface area contributed by atoms with Crippen LogP contribution in [0.1, 0.15) is 33.1 Å². The molecule has 0 spiro atoms. The Morgan fingerprint density at radius 2 is 1.70 bits per heavy atom. The fraction of sp³-hybridized carbons (Fsp3) is 1.00. The van der Waals surface area contributed by atoms with E-state index in [9.17, 15) is 8.42 Å². The lowest BCUT2D eigenvalue weighted by molar-refractivity contribution is 0.194. The molecule has 0 aromatic rings. The summed E-state index contributed by atoms with van der Waals surface area (Å²) in [7, 11) is -3.28. The van der Waals surface area contributed by atoms with E-state index in [1.54, 1.807) is 8.61 Å². The molecular weight excluding hydrogens is 298 g/mol. The van der Waals surface area contributed by atoms with Gasteiger partial charge in [0.1, 0.15) is 0 Å². The summed E-state index contributed by atoms with van der Waals surface area (Å²) in [6, 6.07) is 0. The molecule has 0 aromatic carbocycles. The molecule has 0 aliphatic carbocycles. The molecule has 120 valence electrons. The normalized spacial score (nSPS) is 33.6. The Morgan fingerprint density at radius 1 is 1.10 bits per heavy atom. The third kappa shape index (κ3) is 4.07. The predicted molar refractivity (Wildman–Crippen MR) is 84.0 cm³/mol. The molecule has 5 nitrogen and oxygen atoms in total. The topological polar surface area (TPSA) is 66.6 Å². The van der Waals surface area contributed by atoms with Crippen LogP contribution in [0.25, 0.3) is 0 Å². The molecule has 20 heavy (non-hydrogen) atoms. The molecule has 3 unspecified atom stereocenters. The Balaban J connectivity index is 0.00000200. The van der Waals surface area contributed by atoms with Gasteiger partial charge < -0.3 is 5.73 Å². The quantitative estimate of drug-likeness (QED) is 0.850. The number of nitrogens with zero attached hydrogens (tertiary/aromatic N) is 2. The zero-order chi connectivity index (χ0) is 14.0. The maximum absolute atomic E-state index is 12.7. The molecule has 3 atom stereocenters. The zero-order valence-corrected chi connectivity index (χ0v) is 14.1. The van der Waals surface area contributed by atoms with Crippen molar-refractivity contribution in [2.45, 2.75) is 33.1 Å². The average molecular weight is 326 g/mol. The molecule has 0 saturated carbocycles. The van der Waals surface area contributed by atoms with Gasteiger partial charge in [0.15, 0.2) is 0 Å². The predicted octanol–water partition coefficient (Wildman–Crippen LogP) is 1.30. The highest BCUT2D eigenvalue weighted by Crippen LogP contribution is 2.27. The SMILES string of the molecule is CC1CC(C)CN(S(=O)(=O)N2CCCC(CN)C2)C1.Cl. The van der Waals surface area contributed by atoms with E-state index in [0.717, 1.165) is 19.3 Å². The van der Waals surface area contributed by atoms with Crippen LogP contribution < -0.4 is 5.73 Å². The molecule has 2 aliphatic heterocycles. The smallest absolute Gasteiger partial charge is 0.282 e. The highest BCUT2D eigenvalue weighted by molar-refractivity contribution is 7.86. The molecule has 7 heteroatoms. The number of nitrogens with two attached hydrogens (primary N) is 1. The van der Waals surface area contributed by atoms with Crippen LogP contribution in [0.2, 0.25) is 0 Å². The van der Waals surface area contributed by atoms with E-state index in [4.69, 9.17) is 5.73 Å². The number of rotatable bonds is 3. The Labute approximate surface area is 129 Å². The van der Waals surface area contributed by atoms with E-state index in [-0.39, 0.29) is 12.4 Å². The van der Waals surface area contributed by atoms with Gasteiger partial charge >= 0.3 is 0 Å². The minimum atomic E-state index is -3.28. The number of hydrogen-bond acceptors (Lipinski definition) is 3. The van der Waals surface area contributed by atoms with Gasteiger partial charge in [-0.1, -0.05) is 13.8 Å². The van der Waals surface area contributed by atoms with Crippen LogP contribution in [0.15, 0.2) is 0 Å². The molecule has 2 rings (SSSR count). The minimum absolute atomic E-state index is 0. The minimum Gasteiger partial charge on any atom is -0.330 e. The van der Waals surface area contributed by atoms with Crippen molar-refractivity contribution in [2.24, 2.45) is 23.5 Å². The van der Waals surface area contributed by atoms with E-state index >= 15 is 0 Å². The molecule has 0 amide bonds. The second-order valence-electron chi connectivity index (χ2n) is 6.37. The standard InChI is InChI=1S/C13H27N3O2S.ClH/c1-11-6-12(2)9-16(8-11)19(17,18)15-5-3-4-13(7-14)10-15;/h11-13H,3-10,14H2,1-2H3;1H. The van der Waals surface area contributed by atoms with E-state index in [2.05, 4.69) is 13.8 Å². The Morgan fingerprint density at radius 3 is 2.25 bits per heavy atom. The molecule has 2 heterocycles. The number of halogens is 1. The monoisotopic (exact) mass is 325 g/mol. The van der Waals surface area contributed by atoms with Gasteiger partial charge in [-0.25, -0.2) is 0 Å². The highest BCUT2D eigenvalue weighted by atomic mass is 35.5. The lowest BCUT2D eigenvalue weighted by Gasteiger charge is -2.39. The summed E-state index contributed by atoms with van der Waals surface area (Å²) in [5, 5.41) is 0. The second-order valence-corrected chi connectivity index (χ2v) is 8.30. The molecule has 2 aliphatic rings. The van der Waals surface area contributed by atoms with Crippen molar-refractivity contribution in [1.82, 2.24) is 8.61 Å². The van der Waals surface area contributed by atoms with Crippen LogP contribution in [0.4, 0.5) is 0 Å². The van der Waals surface area contributed by atoms with Gasteiger partial charge in [0, 0.05) is 26.2 Å². The van der Waals surface area contributed by atoms with Crippen molar-refractivity contribution in [2.75, 3.05) is 32.7 Å². The lowest BCUT2D eigenvalue weighted by Crippen LogP contribution is -2.52. The van der Waals surface area contributed by atoms with Crippen LogP contribution in [0.3, 0.4) is 0 Å². The van der Waals surface area contributed by atoms with Gasteiger partial charge in [0.25, 0.3) is 10.2 Å². The van der Waals surface area contributed by atoms with Crippen molar-refractivity contribution < 1.29 is 8.42 Å². The van der Waals surface area contributed by atoms with Crippen molar-refractivity contribution in [1.29, 1.82) is 0 Å². The first kappa shape index (κ1) is 18.2. The van der Waals surface area contributed by atoms with Gasteiger partial charge in [-0.3, -0.25) is 0 Å². The molecule has 0 radical (unpaired) electrons. The van der Waals surface area contributed by atoms with Gasteiger partial charge in [-0.2, -0.15) is 17.0 Å². The molecule has 0 bridgehead atoms. The fourth-order valence-electron chi connectivity index (χ4n) is 3.39. The van der Waals surface area contributed by atoms with E-state index in [0.29, 0.717) is 50.5 Å².